The van der Waals surface area contributed by atoms with Crippen molar-refractivity contribution in [1.29, 1.82) is 0 Å². The van der Waals surface area contributed by atoms with Gasteiger partial charge in [-0.05, 0) is 85.7 Å². The van der Waals surface area contributed by atoms with E-state index in [1.54, 1.807) is 0 Å². The highest BCUT2D eigenvalue weighted by Gasteiger charge is 2.51. The summed E-state index contributed by atoms with van der Waals surface area (Å²) in [6.45, 7) is 15.3. The van der Waals surface area contributed by atoms with Crippen LogP contribution < -0.4 is 0 Å². The second-order valence-corrected chi connectivity index (χ2v) is 12.4. The number of aliphatic hydroxyl groups is 3. The van der Waals surface area contributed by atoms with E-state index >= 15 is 0 Å². The lowest BCUT2D eigenvalue weighted by molar-refractivity contribution is -0.140. The molecule has 0 radical (unpaired) electrons. The van der Waals surface area contributed by atoms with Crippen LogP contribution in [-0.4, -0.2) is 58.9 Å². The molecule has 0 aromatic carbocycles. The molecule has 3 aliphatic carbocycles. The molecule has 4 rings (SSSR count). The zero-order chi connectivity index (χ0) is 27.6. The minimum atomic E-state index is -0.955. The van der Waals surface area contributed by atoms with Crippen LogP contribution in [0.2, 0.25) is 0 Å². The predicted molar refractivity (Wildman–Crippen MR) is 148 cm³/mol. The summed E-state index contributed by atoms with van der Waals surface area (Å²) in [5.74, 6) is 1.48. The Morgan fingerprint density at radius 3 is 2.68 bits per heavy atom. The fourth-order valence-corrected chi connectivity index (χ4v) is 8.08. The summed E-state index contributed by atoms with van der Waals surface area (Å²) in [7, 11) is 0. The van der Waals surface area contributed by atoms with Gasteiger partial charge < -0.3 is 24.8 Å². The fourth-order valence-electron chi connectivity index (χ4n) is 8.08. The molecular weight excluding hydrogens is 480 g/mol. The molecule has 3 N–H and O–H groups in total. The van der Waals surface area contributed by atoms with Crippen molar-refractivity contribution in [3.05, 3.63) is 47.6 Å². The van der Waals surface area contributed by atoms with Crippen LogP contribution >= 0.6 is 0 Å². The number of aliphatic hydroxyl groups excluding tert-OH is 3. The number of fused-ring (bicyclic) bond motifs is 1. The summed E-state index contributed by atoms with van der Waals surface area (Å²) >= 11 is 0. The molecule has 0 spiro atoms. The predicted octanol–water partition coefficient (Wildman–Crippen LogP) is 5.04. The van der Waals surface area contributed by atoms with Crippen LogP contribution in [0.3, 0.4) is 0 Å². The molecule has 0 unspecified atom stereocenters. The smallest absolute Gasteiger partial charge is 0.334 e. The quantitative estimate of drug-likeness (QED) is 0.220. The summed E-state index contributed by atoms with van der Waals surface area (Å²) in [6, 6.07) is 0. The third-order valence-corrected chi connectivity index (χ3v) is 10.2. The van der Waals surface area contributed by atoms with Crippen molar-refractivity contribution in [3.63, 3.8) is 0 Å². The zero-order valence-corrected chi connectivity index (χ0v) is 23.5. The van der Waals surface area contributed by atoms with Gasteiger partial charge in [0, 0.05) is 31.1 Å². The molecule has 3 saturated carbocycles. The van der Waals surface area contributed by atoms with Gasteiger partial charge in [0.15, 0.2) is 0 Å². The monoisotopic (exact) mass is 528 g/mol. The van der Waals surface area contributed by atoms with Gasteiger partial charge in [0.2, 0.25) is 0 Å². The molecule has 6 heteroatoms. The number of hydrogen-bond donors (Lipinski definition) is 3. The Hall–Kier alpha value is -1.73. The van der Waals surface area contributed by atoms with E-state index in [9.17, 15) is 15.0 Å². The topological polar surface area (TPSA) is 96.2 Å². The Bertz CT molecular complexity index is 965. The molecule has 9 atom stereocenters. The Labute approximate surface area is 228 Å². The third kappa shape index (κ3) is 5.60. The van der Waals surface area contributed by atoms with Crippen LogP contribution in [0.1, 0.15) is 78.6 Å². The van der Waals surface area contributed by atoms with E-state index < -0.39 is 18.3 Å². The number of ether oxygens (including phenoxy) is 2. The minimum absolute atomic E-state index is 0.0152. The van der Waals surface area contributed by atoms with Gasteiger partial charge in [0.1, 0.15) is 18.3 Å². The van der Waals surface area contributed by atoms with Crippen molar-refractivity contribution in [3.8, 4) is 0 Å². The Morgan fingerprint density at radius 1 is 1.21 bits per heavy atom. The maximum Gasteiger partial charge on any atom is 0.334 e. The second kappa shape index (κ2) is 12.2. The van der Waals surface area contributed by atoms with Gasteiger partial charge >= 0.3 is 5.97 Å². The number of cyclic esters (lactones) is 1. The van der Waals surface area contributed by atoms with Crippen LogP contribution in [-0.2, 0) is 14.3 Å². The summed E-state index contributed by atoms with van der Waals surface area (Å²) in [4.78, 5) is 12.1. The normalized spacial score (nSPS) is 40.6. The fraction of sp³-hybridized carbons (Fsp3) is 0.719. The van der Waals surface area contributed by atoms with Gasteiger partial charge in [0.25, 0.3) is 0 Å². The molecule has 0 amide bonds. The first-order chi connectivity index (χ1) is 18.1. The number of carbonyl (C=O) groups is 1. The number of rotatable bonds is 9. The lowest BCUT2D eigenvalue weighted by Gasteiger charge is -2.45. The maximum atomic E-state index is 12.1. The SMILES string of the molecule is C=C1C(=CC=C2CCC[C@]3(C)[C@@H]([C@H](C)C[C@@H]4OC(=O)C(=C)[C@@H]4CC)CC[C@@H]23)C[C@@H](O)[C@H](OCCCO)[C@@H]1O. The molecule has 4 aliphatic rings. The van der Waals surface area contributed by atoms with Crippen LogP contribution in [0.5, 0.6) is 0 Å². The molecule has 6 nitrogen and oxygen atoms in total. The van der Waals surface area contributed by atoms with Crippen LogP contribution in [0.4, 0.5) is 0 Å². The molecule has 0 bridgehead atoms. The highest BCUT2D eigenvalue weighted by Crippen LogP contribution is 2.60. The molecule has 38 heavy (non-hydrogen) atoms. The van der Waals surface area contributed by atoms with Crippen LogP contribution in [0, 0.1) is 29.1 Å². The standard InChI is InChI=1S/C32H48O6/c1-6-24-21(4)31(36)38-28(24)17-19(2)25-12-13-26-22(9-7-14-32(25,26)5)10-11-23-18-27(34)30(29(35)20(23)3)37-16-8-15-33/h10-11,19,24-30,33-35H,3-4,6-9,12-18H2,1-2,5H3/t19-,24+,25-,26+,27-,28+,29-,30+,32-/m1/s1. The van der Waals surface area contributed by atoms with Gasteiger partial charge in [-0.25, -0.2) is 4.79 Å². The number of esters is 1. The van der Waals surface area contributed by atoms with Crippen molar-refractivity contribution in [2.24, 2.45) is 29.1 Å². The van der Waals surface area contributed by atoms with Crippen molar-refractivity contribution < 1.29 is 29.6 Å². The molecule has 4 fully saturated rings. The molecule has 1 heterocycles. The maximum absolute atomic E-state index is 12.1. The first-order valence-corrected chi connectivity index (χ1v) is 14.7. The van der Waals surface area contributed by atoms with Gasteiger partial charge in [-0.1, -0.05) is 51.7 Å². The number of carbonyl (C=O) groups excluding carboxylic acids is 1. The van der Waals surface area contributed by atoms with Crippen LogP contribution in [0.25, 0.3) is 0 Å². The van der Waals surface area contributed by atoms with E-state index in [1.165, 1.54) is 24.8 Å². The third-order valence-electron chi connectivity index (χ3n) is 10.2. The van der Waals surface area contributed by atoms with Crippen molar-refractivity contribution in [2.45, 2.75) is 103 Å². The van der Waals surface area contributed by atoms with Crippen LogP contribution in [0.15, 0.2) is 47.6 Å². The van der Waals surface area contributed by atoms with Gasteiger partial charge in [-0.15, -0.1) is 0 Å². The van der Waals surface area contributed by atoms with E-state index in [1.807, 2.05) is 0 Å². The first kappa shape index (κ1) is 29.3. The molecule has 1 saturated heterocycles. The highest BCUT2D eigenvalue weighted by molar-refractivity contribution is 5.90. The molecule has 0 aromatic rings. The molecule has 1 aliphatic heterocycles. The van der Waals surface area contributed by atoms with E-state index in [4.69, 9.17) is 14.6 Å². The van der Waals surface area contributed by atoms with Gasteiger partial charge in [0.05, 0.1) is 6.10 Å². The molecule has 0 aromatic heterocycles. The van der Waals surface area contributed by atoms with Crippen molar-refractivity contribution >= 4 is 5.97 Å². The Balaban J connectivity index is 1.45. The Morgan fingerprint density at radius 2 is 1.97 bits per heavy atom. The van der Waals surface area contributed by atoms with Crippen molar-refractivity contribution in [2.75, 3.05) is 13.2 Å². The summed E-state index contributed by atoms with van der Waals surface area (Å²) in [5.41, 5.74) is 3.81. The lowest BCUT2D eigenvalue weighted by atomic mass is 9.60. The average Bonchev–Trinajstić information content (AvgIpc) is 3.37. The highest BCUT2D eigenvalue weighted by atomic mass is 16.6. The largest absolute Gasteiger partial charge is 0.458 e. The molecule has 212 valence electrons. The first-order valence-electron chi connectivity index (χ1n) is 14.7. The average molecular weight is 529 g/mol. The number of allylic oxidation sites excluding steroid dienone is 3. The second-order valence-electron chi connectivity index (χ2n) is 12.4. The molecular formula is C32H48O6. The van der Waals surface area contributed by atoms with E-state index in [0.717, 1.165) is 31.3 Å². The van der Waals surface area contributed by atoms with E-state index in [0.29, 0.717) is 48.3 Å². The minimum Gasteiger partial charge on any atom is -0.458 e. The van der Waals surface area contributed by atoms with Crippen molar-refractivity contribution in [1.82, 2.24) is 0 Å². The van der Waals surface area contributed by atoms with E-state index in [-0.39, 0.29) is 30.0 Å². The van der Waals surface area contributed by atoms with Gasteiger partial charge in [-0.2, -0.15) is 0 Å². The van der Waals surface area contributed by atoms with E-state index in [2.05, 4.69) is 46.1 Å². The Kier molecular flexibility index (Phi) is 9.39. The van der Waals surface area contributed by atoms with Gasteiger partial charge in [-0.3, -0.25) is 0 Å². The summed E-state index contributed by atoms with van der Waals surface area (Å²) in [6.07, 6.45) is 10.2. The summed E-state index contributed by atoms with van der Waals surface area (Å²) in [5, 5.41) is 30.4. The number of hydrogen-bond acceptors (Lipinski definition) is 6. The zero-order valence-electron chi connectivity index (χ0n) is 23.5. The summed E-state index contributed by atoms with van der Waals surface area (Å²) < 4.78 is 11.4. The lowest BCUT2D eigenvalue weighted by Crippen LogP contribution is -2.45.